The topological polar surface area (TPSA) is 49.4 Å². The zero-order valence-corrected chi connectivity index (χ0v) is 12.7. The maximum absolute atomic E-state index is 11.7. The molecular formula is C15H22N2O2S. The Labute approximate surface area is 121 Å². The molecule has 4 nitrogen and oxygen atoms in total. The number of rotatable bonds is 2. The van der Waals surface area contributed by atoms with Crippen molar-refractivity contribution in [2.75, 3.05) is 25.1 Å². The Kier molecular flexibility index (Phi) is 3.84. The number of hydrogen-bond donors (Lipinski definition) is 1. The van der Waals surface area contributed by atoms with E-state index >= 15 is 0 Å². The molecule has 0 radical (unpaired) electrons. The second kappa shape index (κ2) is 5.47. The molecule has 1 aromatic rings. The van der Waals surface area contributed by atoms with Crippen LogP contribution < -0.4 is 5.32 Å². The van der Waals surface area contributed by atoms with Crippen molar-refractivity contribution >= 4 is 9.84 Å². The van der Waals surface area contributed by atoms with Gasteiger partial charge in [-0.3, -0.25) is 4.90 Å². The highest BCUT2D eigenvalue weighted by Crippen LogP contribution is 2.32. The summed E-state index contributed by atoms with van der Waals surface area (Å²) in [4.78, 5) is 2.29. The van der Waals surface area contributed by atoms with Gasteiger partial charge in [-0.05, 0) is 37.6 Å². The van der Waals surface area contributed by atoms with E-state index in [1.165, 1.54) is 11.1 Å². The van der Waals surface area contributed by atoms with Gasteiger partial charge < -0.3 is 5.32 Å². The summed E-state index contributed by atoms with van der Waals surface area (Å²) in [6, 6.07) is 8.99. The summed E-state index contributed by atoms with van der Waals surface area (Å²) >= 11 is 0. The Morgan fingerprint density at radius 2 is 2.05 bits per heavy atom. The molecular weight excluding hydrogens is 272 g/mol. The molecule has 0 spiro atoms. The molecule has 0 saturated carbocycles. The number of fused-ring (bicyclic) bond motifs is 1. The van der Waals surface area contributed by atoms with Crippen LogP contribution in [-0.4, -0.2) is 44.5 Å². The molecule has 20 heavy (non-hydrogen) atoms. The maximum atomic E-state index is 11.7. The van der Waals surface area contributed by atoms with Crippen LogP contribution in [0.1, 0.15) is 30.0 Å². The van der Waals surface area contributed by atoms with Crippen molar-refractivity contribution < 1.29 is 8.42 Å². The number of nitrogens with zero attached hydrogens (tertiary/aromatic N) is 1. The Morgan fingerprint density at radius 3 is 2.80 bits per heavy atom. The quantitative estimate of drug-likeness (QED) is 0.894. The fourth-order valence-electron chi connectivity index (χ4n) is 3.41. The van der Waals surface area contributed by atoms with E-state index < -0.39 is 9.84 Å². The third kappa shape index (κ3) is 2.75. The van der Waals surface area contributed by atoms with Crippen LogP contribution in [0.25, 0.3) is 0 Å². The largest absolute Gasteiger partial charge is 0.313 e. The van der Waals surface area contributed by atoms with Crippen LogP contribution in [0, 0.1) is 0 Å². The molecule has 2 aliphatic heterocycles. The SMILES string of the molecule is CN(C1CCS(=O)(=O)C1)C1CCNCc2ccccc21. The highest BCUT2D eigenvalue weighted by Gasteiger charge is 2.34. The van der Waals surface area contributed by atoms with Gasteiger partial charge in [-0.1, -0.05) is 24.3 Å². The normalized spacial score (nSPS) is 29.1. The second-order valence-corrected chi connectivity index (χ2v) is 8.13. The van der Waals surface area contributed by atoms with Crippen LogP contribution in [0.3, 0.4) is 0 Å². The summed E-state index contributed by atoms with van der Waals surface area (Å²) in [5, 5.41) is 3.45. The first-order valence-electron chi connectivity index (χ1n) is 7.28. The Balaban J connectivity index is 1.86. The number of benzene rings is 1. The zero-order valence-electron chi connectivity index (χ0n) is 11.9. The Morgan fingerprint density at radius 1 is 1.25 bits per heavy atom. The molecule has 3 rings (SSSR count). The number of sulfone groups is 1. The van der Waals surface area contributed by atoms with Gasteiger partial charge in [-0.25, -0.2) is 8.42 Å². The molecule has 2 unspecified atom stereocenters. The molecule has 110 valence electrons. The van der Waals surface area contributed by atoms with Gasteiger partial charge in [0, 0.05) is 18.6 Å². The number of hydrogen-bond acceptors (Lipinski definition) is 4. The molecule has 0 amide bonds. The van der Waals surface area contributed by atoms with Crippen molar-refractivity contribution in [3.63, 3.8) is 0 Å². The molecule has 0 aromatic heterocycles. The molecule has 1 aromatic carbocycles. The van der Waals surface area contributed by atoms with E-state index in [1.807, 2.05) is 0 Å². The zero-order chi connectivity index (χ0) is 14.2. The number of nitrogens with one attached hydrogen (secondary N) is 1. The van der Waals surface area contributed by atoms with E-state index in [4.69, 9.17) is 0 Å². The Hall–Kier alpha value is -0.910. The minimum atomic E-state index is -2.82. The molecule has 2 atom stereocenters. The predicted molar refractivity (Wildman–Crippen MR) is 80.3 cm³/mol. The van der Waals surface area contributed by atoms with Crippen molar-refractivity contribution in [3.8, 4) is 0 Å². The third-order valence-corrected chi connectivity index (χ3v) is 6.35. The molecule has 0 bridgehead atoms. The van der Waals surface area contributed by atoms with Crippen molar-refractivity contribution in [1.82, 2.24) is 10.2 Å². The van der Waals surface area contributed by atoms with Gasteiger partial charge in [0.25, 0.3) is 0 Å². The van der Waals surface area contributed by atoms with Gasteiger partial charge in [0.2, 0.25) is 0 Å². The third-order valence-electron chi connectivity index (χ3n) is 4.60. The van der Waals surface area contributed by atoms with Crippen LogP contribution >= 0.6 is 0 Å². The average Bonchev–Trinajstić information content (AvgIpc) is 2.68. The van der Waals surface area contributed by atoms with Gasteiger partial charge in [-0.15, -0.1) is 0 Å². The standard InChI is InChI=1S/C15H22N2O2S/c1-17(13-7-9-20(18,19)11-13)15-6-8-16-10-12-4-2-3-5-14(12)15/h2-5,13,15-16H,6-11H2,1H3. The summed E-state index contributed by atoms with van der Waals surface area (Å²) < 4.78 is 23.4. The van der Waals surface area contributed by atoms with E-state index in [-0.39, 0.29) is 6.04 Å². The van der Waals surface area contributed by atoms with Crippen molar-refractivity contribution in [2.24, 2.45) is 0 Å². The van der Waals surface area contributed by atoms with E-state index in [9.17, 15) is 8.42 Å². The van der Waals surface area contributed by atoms with Gasteiger partial charge in [0.05, 0.1) is 11.5 Å². The lowest BCUT2D eigenvalue weighted by Gasteiger charge is -2.32. The smallest absolute Gasteiger partial charge is 0.151 e. The van der Waals surface area contributed by atoms with Crippen LogP contribution in [-0.2, 0) is 16.4 Å². The van der Waals surface area contributed by atoms with E-state index in [0.717, 1.165) is 25.9 Å². The maximum Gasteiger partial charge on any atom is 0.151 e. The van der Waals surface area contributed by atoms with Crippen molar-refractivity contribution in [2.45, 2.75) is 31.5 Å². The van der Waals surface area contributed by atoms with E-state index in [1.54, 1.807) is 0 Å². The molecule has 0 aliphatic carbocycles. The lowest BCUT2D eigenvalue weighted by molar-refractivity contribution is 0.180. The Bertz CT molecular complexity index is 585. The van der Waals surface area contributed by atoms with E-state index in [0.29, 0.717) is 17.5 Å². The lowest BCUT2D eigenvalue weighted by Crippen LogP contribution is -2.36. The highest BCUT2D eigenvalue weighted by atomic mass is 32.2. The van der Waals surface area contributed by atoms with Gasteiger partial charge in [0.15, 0.2) is 9.84 Å². The minimum Gasteiger partial charge on any atom is -0.313 e. The van der Waals surface area contributed by atoms with Gasteiger partial charge in [-0.2, -0.15) is 0 Å². The molecule has 1 saturated heterocycles. The van der Waals surface area contributed by atoms with Gasteiger partial charge >= 0.3 is 0 Å². The molecule has 2 heterocycles. The summed E-state index contributed by atoms with van der Waals surface area (Å²) in [6.45, 7) is 1.88. The minimum absolute atomic E-state index is 0.163. The summed E-state index contributed by atoms with van der Waals surface area (Å²) in [5.41, 5.74) is 2.69. The van der Waals surface area contributed by atoms with Crippen LogP contribution in [0.2, 0.25) is 0 Å². The average molecular weight is 294 g/mol. The van der Waals surface area contributed by atoms with Crippen LogP contribution in [0.4, 0.5) is 0 Å². The van der Waals surface area contributed by atoms with Crippen molar-refractivity contribution in [3.05, 3.63) is 35.4 Å². The molecule has 1 N–H and O–H groups in total. The molecule has 1 fully saturated rings. The van der Waals surface area contributed by atoms with Crippen molar-refractivity contribution in [1.29, 1.82) is 0 Å². The highest BCUT2D eigenvalue weighted by molar-refractivity contribution is 7.91. The summed E-state index contributed by atoms with van der Waals surface area (Å²) in [5.74, 6) is 0.657. The monoisotopic (exact) mass is 294 g/mol. The predicted octanol–water partition coefficient (Wildman–Crippen LogP) is 1.34. The van der Waals surface area contributed by atoms with Crippen LogP contribution in [0.15, 0.2) is 24.3 Å². The van der Waals surface area contributed by atoms with Gasteiger partial charge in [0.1, 0.15) is 0 Å². The first-order valence-corrected chi connectivity index (χ1v) is 9.10. The second-order valence-electron chi connectivity index (χ2n) is 5.90. The molecule has 5 heteroatoms. The summed E-state index contributed by atoms with van der Waals surface area (Å²) in [7, 11) is -0.741. The summed E-state index contributed by atoms with van der Waals surface area (Å²) in [6.07, 6.45) is 1.80. The molecule has 2 aliphatic rings. The van der Waals surface area contributed by atoms with Crippen LogP contribution in [0.5, 0.6) is 0 Å². The first-order chi connectivity index (χ1) is 9.57. The fraction of sp³-hybridized carbons (Fsp3) is 0.600. The lowest BCUT2D eigenvalue weighted by atomic mass is 9.97. The van der Waals surface area contributed by atoms with E-state index in [2.05, 4.69) is 41.5 Å². The first kappa shape index (κ1) is 14.0. The fourth-order valence-corrected chi connectivity index (χ4v) is 5.20.